The molecule has 54 heavy (non-hydrogen) atoms. The molecule has 0 N–H and O–H groups in total. The topological polar surface area (TPSA) is 0 Å². The third-order valence-corrected chi connectivity index (χ3v) is 35.0. The molecular weight excluding hydrogens is 942 g/mol. The Morgan fingerprint density at radius 2 is 0.722 bits per heavy atom. The van der Waals surface area contributed by atoms with Crippen molar-refractivity contribution in [1.29, 1.82) is 0 Å². The van der Waals surface area contributed by atoms with Crippen LogP contribution in [0.3, 0.4) is 0 Å². The zero-order valence-electron chi connectivity index (χ0n) is 36.1. The van der Waals surface area contributed by atoms with E-state index < -0.39 is 36.8 Å². The summed E-state index contributed by atoms with van der Waals surface area (Å²) in [4.78, 5) is 22.3. The maximum atomic E-state index is 2.74. The Labute approximate surface area is 356 Å². The zero-order chi connectivity index (χ0) is 38.9. The molecule has 0 fully saturated rings. The number of rotatable bonds is 24. The minimum Gasteiger partial charge on any atom is -0.0654 e. The molecule has 298 valence electrons. The van der Waals surface area contributed by atoms with Gasteiger partial charge in [0.2, 0.25) is 0 Å². The van der Waals surface area contributed by atoms with Crippen molar-refractivity contribution in [1.82, 2.24) is 0 Å². The van der Waals surface area contributed by atoms with Crippen LogP contribution in [0.1, 0.15) is 151 Å². The Morgan fingerprint density at radius 3 is 1.04 bits per heavy atom. The number of benzene rings is 1. The predicted molar refractivity (Wildman–Crippen MR) is 261 cm³/mol. The van der Waals surface area contributed by atoms with Crippen LogP contribution in [0.4, 0.5) is 0 Å². The standard InChI is InChI=1S/C42H56S4.6CH3.2Sn/c1-5-9-13-17-21-31-29-37(45-35(31)23-19-15-11-7-3)39-33-25-27-44-42(33)40(34-26-28-43-41(34)39)38-30-32(22-18-14-10-6-2)36(46-38)24-20-16-12-8-4;;;;;;;;/h25-26,29-30H,5-24H2,1-4H3;6*1H3;;. The Morgan fingerprint density at radius 1 is 0.389 bits per heavy atom. The van der Waals surface area contributed by atoms with E-state index in [4.69, 9.17) is 0 Å². The summed E-state index contributed by atoms with van der Waals surface area (Å²) in [5.41, 5.74) is 6.54. The van der Waals surface area contributed by atoms with Crippen molar-refractivity contribution in [2.45, 2.75) is 186 Å². The Bertz CT molecular complexity index is 1650. The summed E-state index contributed by atoms with van der Waals surface area (Å²) >= 11 is 4.01. The van der Waals surface area contributed by atoms with Gasteiger partial charge < -0.3 is 0 Å². The van der Waals surface area contributed by atoms with Gasteiger partial charge in [0.1, 0.15) is 0 Å². The molecule has 5 rings (SSSR count). The molecule has 0 atom stereocenters. The average Bonchev–Trinajstić information content (AvgIpc) is 3.93. The van der Waals surface area contributed by atoms with Crippen molar-refractivity contribution in [2.24, 2.45) is 0 Å². The normalized spacial score (nSPS) is 12.6. The molecule has 0 aliphatic rings. The van der Waals surface area contributed by atoms with Gasteiger partial charge in [0.25, 0.3) is 0 Å². The van der Waals surface area contributed by atoms with Crippen LogP contribution in [0.2, 0.25) is 29.6 Å². The van der Waals surface area contributed by atoms with E-state index in [0.717, 1.165) is 0 Å². The summed E-state index contributed by atoms with van der Waals surface area (Å²) in [5, 5.41) is 3.17. The molecular formula is C48H74S4Sn2. The second-order valence-corrected chi connectivity index (χ2v) is 53.5. The minimum atomic E-state index is -2.38. The molecule has 4 aromatic heterocycles. The van der Waals surface area contributed by atoms with Crippen LogP contribution >= 0.6 is 45.3 Å². The van der Waals surface area contributed by atoms with Gasteiger partial charge in [-0.3, -0.25) is 0 Å². The van der Waals surface area contributed by atoms with Gasteiger partial charge in [-0.25, -0.2) is 0 Å². The second-order valence-electron chi connectivity index (χ2n) is 18.3. The number of thiophene rings is 4. The Hall–Kier alpha value is 0.137. The van der Waals surface area contributed by atoms with Gasteiger partial charge in [-0.1, -0.05) is 27.7 Å². The monoisotopic (exact) mass is 1020 g/mol. The van der Waals surface area contributed by atoms with Gasteiger partial charge in [0, 0.05) is 0 Å². The summed E-state index contributed by atoms with van der Waals surface area (Å²) in [7, 11) is 0. The maximum absolute atomic E-state index is 2.74. The molecule has 4 heterocycles. The molecule has 0 aliphatic carbocycles. The SMILES string of the molecule is CCCCCCc1cc(-c2c3c[c]([Sn]([CH3])([CH3])[CH3])sc3c(-c3cc(CCCCCC)c(CCCCCC)s3)c3c[c]([Sn]([CH3])([CH3])[CH3])sc23)sc1CCCCCC. The molecule has 0 aliphatic heterocycles. The quantitative estimate of drug-likeness (QED) is 0.0427. The van der Waals surface area contributed by atoms with Gasteiger partial charge in [-0.15, -0.1) is 0 Å². The molecule has 0 spiro atoms. The molecule has 6 heteroatoms. The van der Waals surface area contributed by atoms with Crippen LogP contribution in [0.25, 0.3) is 41.1 Å². The summed E-state index contributed by atoms with van der Waals surface area (Å²) < 4.78 is 6.68. The van der Waals surface area contributed by atoms with Crippen LogP contribution in [0.15, 0.2) is 24.3 Å². The van der Waals surface area contributed by atoms with E-state index in [2.05, 4.69) is 127 Å². The number of hydrogen-bond donors (Lipinski definition) is 0. The molecule has 0 bridgehead atoms. The van der Waals surface area contributed by atoms with Crippen LogP contribution in [-0.4, -0.2) is 36.8 Å². The third-order valence-electron chi connectivity index (χ3n) is 11.3. The molecule has 0 unspecified atom stereocenters. The first-order chi connectivity index (χ1) is 25.9. The van der Waals surface area contributed by atoms with Gasteiger partial charge in [0.15, 0.2) is 0 Å². The minimum absolute atomic E-state index is 1.25. The van der Waals surface area contributed by atoms with E-state index >= 15 is 0 Å². The van der Waals surface area contributed by atoms with Crippen molar-refractivity contribution in [3.8, 4) is 20.9 Å². The van der Waals surface area contributed by atoms with Crippen LogP contribution in [-0.2, 0) is 25.7 Å². The van der Waals surface area contributed by atoms with E-state index in [1.807, 2.05) is 0 Å². The third kappa shape index (κ3) is 11.7. The number of aryl methyl sites for hydroxylation is 4. The predicted octanol–water partition coefficient (Wildman–Crippen LogP) is 17.2. The van der Waals surface area contributed by atoms with Crippen LogP contribution in [0.5, 0.6) is 0 Å². The van der Waals surface area contributed by atoms with E-state index in [-0.39, 0.29) is 0 Å². The summed E-state index contributed by atoms with van der Waals surface area (Å²) in [6, 6.07) is 10.9. The van der Waals surface area contributed by atoms with Crippen molar-refractivity contribution in [2.75, 3.05) is 0 Å². The van der Waals surface area contributed by atoms with E-state index in [9.17, 15) is 0 Å². The van der Waals surface area contributed by atoms with Gasteiger partial charge in [-0.05, 0) is 0 Å². The van der Waals surface area contributed by atoms with Gasteiger partial charge in [0.05, 0.1) is 0 Å². The van der Waals surface area contributed by atoms with Crippen molar-refractivity contribution >= 4 is 108 Å². The Kier molecular flexibility index (Phi) is 17.9. The molecule has 0 saturated heterocycles. The van der Waals surface area contributed by atoms with E-state index in [0.29, 0.717) is 0 Å². The van der Waals surface area contributed by atoms with E-state index in [1.165, 1.54) is 128 Å². The number of fused-ring (bicyclic) bond motifs is 2. The molecule has 0 nitrogen and oxygen atoms in total. The van der Waals surface area contributed by atoms with Gasteiger partial charge >= 0.3 is 332 Å². The van der Waals surface area contributed by atoms with Crippen molar-refractivity contribution < 1.29 is 0 Å². The summed E-state index contributed by atoms with van der Waals surface area (Å²) in [5.74, 6) is 0. The smallest absolute Gasteiger partial charge is 0.0654 e. The fourth-order valence-corrected chi connectivity index (χ4v) is 23.6. The first-order valence-electron chi connectivity index (χ1n) is 22.2. The number of unbranched alkanes of at least 4 members (excludes halogenated alkanes) is 12. The zero-order valence-corrected chi connectivity index (χ0v) is 45.1. The van der Waals surface area contributed by atoms with E-state index in [1.54, 1.807) is 67.7 Å². The van der Waals surface area contributed by atoms with Crippen molar-refractivity contribution in [3.05, 3.63) is 45.1 Å². The molecule has 5 aromatic rings. The molecule has 0 amide bonds. The molecule has 1 aromatic carbocycles. The average molecular weight is 1020 g/mol. The van der Waals surface area contributed by atoms with Gasteiger partial charge in [-0.2, -0.15) is 0 Å². The first kappa shape index (κ1) is 45.2. The van der Waals surface area contributed by atoms with Crippen molar-refractivity contribution in [3.63, 3.8) is 0 Å². The number of hydrogen-bond acceptors (Lipinski definition) is 4. The molecule has 0 saturated carbocycles. The Balaban J connectivity index is 1.75. The van der Waals surface area contributed by atoms with Crippen LogP contribution < -0.4 is 5.79 Å². The fourth-order valence-electron chi connectivity index (χ4n) is 7.93. The molecule has 0 radical (unpaired) electrons. The fraction of sp³-hybridized carbons (Fsp3) is 0.625. The summed E-state index contributed by atoms with van der Waals surface area (Å²) in [6.45, 7) is 9.37. The second kappa shape index (κ2) is 21.4. The summed E-state index contributed by atoms with van der Waals surface area (Å²) in [6.07, 6.45) is 26.5. The van der Waals surface area contributed by atoms with Crippen LogP contribution in [0, 0.1) is 0 Å². The first-order valence-corrected chi connectivity index (χ1v) is 45.4.